The second-order valence-electron chi connectivity index (χ2n) is 8.57. The predicted molar refractivity (Wildman–Crippen MR) is 133 cm³/mol. The summed E-state index contributed by atoms with van der Waals surface area (Å²) in [6, 6.07) is 14.3. The summed E-state index contributed by atoms with van der Waals surface area (Å²) in [6.07, 6.45) is 3.95. The molecule has 7 nitrogen and oxygen atoms in total. The smallest absolute Gasteiger partial charge is 0.240 e. The molecule has 2 N–H and O–H groups in total. The number of sulfonamides is 1. The van der Waals surface area contributed by atoms with E-state index in [2.05, 4.69) is 10.0 Å². The fourth-order valence-electron chi connectivity index (χ4n) is 4.26. The number of hydrogen-bond acceptors (Lipinski definition) is 5. The van der Waals surface area contributed by atoms with Crippen molar-refractivity contribution in [2.45, 2.75) is 50.8 Å². The second kappa shape index (κ2) is 12.8. The Hall–Kier alpha value is -2.58. The molecule has 0 atom stereocenters. The van der Waals surface area contributed by atoms with Crippen LogP contribution in [0.1, 0.15) is 45.1 Å². The summed E-state index contributed by atoms with van der Waals surface area (Å²) < 4.78 is 38.8. The minimum atomic E-state index is -3.49. The van der Waals surface area contributed by atoms with Gasteiger partial charge in [0.1, 0.15) is 0 Å². The molecule has 0 radical (unpaired) electrons. The Balaban J connectivity index is 1.40. The van der Waals surface area contributed by atoms with E-state index in [0.29, 0.717) is 26.3 Å². The molecule has 1 aliphatic carbocycles. The molecule has 0 heterocycles. The average Bonchev–Trinajstić information content (AvgIpc) is 2.85. The molecule has 8 heteroatoms. The molecule has 1 saturated carbocycles. The van der Waals surface area contributed by atoms with Crippen LogP contribution in [0.15, 0.2) is 53.4 Å². The van der Waals surface area contributed by atoms with Crippen LogP contribution >= 0.6 is 0 Å². The molecule has 1 amide bonds. The standard InChI is InChI=1S/C26H36N2O5S/c1-3-32-24-15-12-20(18-25(24)33-4-2)16-17-27-26(29)22-13-10-21(11-14-22)19-28-34(30,31)23-8-6-5-7-9-23/h5-9,12,15,18,21-22,28H,3-4,10-11,13-14,16-17,19H2,1-2H3,(H,27,29). The van der Waals surface area contributed by atoms with Crippen LogP contribution in [0.2, 0.25) is 0 Å². The molecule has 0 aliphatic heterocycles. The van der Waals surface area contributed by atoms with Crippen molar-refractivity contribution in [3.8, 4) is 11.5 Å². The second-order valence-corrected chi connectivity index (χ2v) is 10.3. The van der Waals surface area contributed by atoms with E-state index in [1.807, 2.05) is 32.0 Å². The molecule has 1 aliphatic rings. The number of rotatable bonds is 12. The Bertz CT molecular complexity index is 1020. The maximum absolute atomic E-state index is 12.6. The summed E-state index contributed by atoms with van der Waals surface area (Å²) in [5.41, 5.74) is 1.08. The molecule has 34 heavy (non-hydrogen) atoms. The van der Waals surface area contributed by atoms with Gasteiger partial charge in [-0.3, -0.25) is 4.79 Å². The molecular weight excluding hydrogens is 452 g/mol. The fraction of sp³-hybridized carbons (Fsp3) is 0.500. The van der Waals surface area contributed by atoms with Gasteiger partial charge in [0, 0.05) is 19.0 Å². The van der Waals surface area contributed by atoms with Gasteiger partial charge in [-0.15, -0.1) is 0 Å². The van der Waals surface area contributed by atoms with Gasteiger partial charge in [-0.2, -0.15) is 0 Å². The molecule has 0 unspecified atom stereocenters. The zero-order chi connectivity index (χ0) is 24.4. The number of nitrogens with one attached hydrogen (secondary N) is 2. The van der Waals surface area contributed by atoms with E-state index in [0.717, 1.165) is 49.2 Å². The van der Waals surface area contributed by atoms with Crippen LogP contribution in [0.25, 0.3) is 0 Å². The van der Waals surface area contributed by atoms with E-state index < -0.39 is 10.0 Å². The molecule has 2 aromatic carbocycles. The van der Waals surface area contributed by atoms with Gasteiger partial charge in [0.15, 0.2) is 11.5 Å². The third kappa shape index (κ3) is 7.46. The van der Waals surface area contributed by atoms with E-state index in [1.54, 1.807) is 30.3 Å². The van der Waals surface area contributed by atoms with Crippen molar-refractivity contribution in [3.63, 3.8) is 0 Å². The normalized spacial score (nSPS) is 18.3. The Morgan fingerprint density at radius 1 is 0.941 bits per heavy atom. The lowest BCUT2D eigenvalue weighted by atomic mass is 9.81. The van der Waals surface area contributed by atoms with Gasteiger partial charge in [0.2, 0.25) is 15.9 Å². The number of carbonyl (C=O) groups excluding carboxylic acids is 1. The molecule has 186 valence electrons. The van der Waals surface area contributed by atoms with Crippen molar-refractivity contribution < 1.29 is 22.7 Å². The highest BCUT2D eigenvalue weighted by Crippen LogP contribution is 2.30. The highest BCUT2D eigenvalue weighted by molar-refractivity contribution is 7.89. The summed E-state index contributed by atoms with van der Waals surface area (Å²) in [5, 5.41) is 3.06. The first-order valence-corrected chi connectivity index (χ1v) is 13.6. The van der Waals surface area contributed by atoms with Crippen molar-refractivity contribution in [1.82, 2.24) is 10.0 Å². The van der Waals surface area contributed by atoms with Crippen LogP contribution in [0.3, 0.4) is 0 Å². The Morgan fingerprint density at radius 2 is 1.62 bits per heavy atom. The zero-order valence-electron chi connectivity index (χ0n) is 20.1. The Labute approximate surface area is 203 Å². The summed E-state index contributed by atoms with van der Waals surface area (Å²) in [4.78, 5) is 12.9. The summed E-state index contributed by atoms with van der Waals surface area (Å²) in [7, 11) is -3.49. The number of ether oxygens (including phenoxy) is 2. The minimum Gasteiger partial charge on any atom is -0.490 e. The third-order valence-electron chi connectivity index (χ3n) is 6.15. The van der Waals surface area contributed by atoms with E-state index in [9.17, 15) is 13.2 Å². The van der Waals surface area contributed by atoms with E-state index in [4.69, 9.17) is 9.47 Å². The van der Waals surface area contributed by atoms with Gasteiger partial charge in [0.05, 0.1) is 18.1 Å². The van der Waals surface area contributed by atoms with Crippen molar-refractivity contribution in [2.75, 3.05) is 26.3 Å². The molecule has 0 aromatic heterocycles. The summed E-state index contributed by atoms with van der Waals surface area (Å²) in [5.74, 6) is 1.79. The number of amides is 1. The fourth-order valence-corrected chi connectivity index (χ4v) is 5.40. The van der Waals surface area contributed by atoms with E-state index in [-0.39, 0.29) is 22.6 Å². The highest BCUT2D eigenvalue weighted by atomic mass is 32.2. The molecular formula is C26H36N2O5S. The maximum Gasteiger partial charge on any atom is 0.240 e. The van der Waals surface area contributed by atoms with Crippen LogP contribution in [-0.4, -0.2) is 40.6 Å². The summed E-state index contributed by atoms with van der Waals surface area (Å²) >= 11 is 0. The first-order valence-electron chi connectivity index (χ1n) is 12.1. The molecule has 0 bridgehead atoms. The molecule has 2 aromatic rings. The van der Waals surface area contributed by atoms with Crippen LogP contribution in [0.4, 0.5) is 0 Å². The molecule has 0 spiro atoms. The van der Waals surface area contributed by atoms with Crippen LogP contribution in [-0.2, 0) is 21.2 Å². The van der Waals surface area contributed by atoms with E-state index in [1.165, 1.54) is 0 Å². The molecule has 0 saturated heterocycles. The first kappa shape index (κ1) is 26.0. The average molecular weight is 489 g/mol. The monoisotopic (exact) mass is 488 g/mol. The number of carbonyl (C=O) groups is 1. The molecule has 1 fully saturated rings. The largest absolute Gasteiger partial charge is 0.490 e. The lowest BCUT2D eigenvalue weighted by molar-refractivity contribution is -0.126. The number of hydrogen-bond donors (Lipinski definition) is 2. The maximum atomic E-state index is 12.6. The predicted octanol–water partition coefficient (Wildman–Crippen LogP) is 3.93. The van der Waals surface area contributed by atoms with Gasteiger partial charge in [-0.05, 0) is 81.7 Å². The lowest BCUT2D eigenvalue weighted by Gasteiger charge is -2.28. The minimum absolute atomic E-state index is 0.0127. The summed E-state index contributed by atoms with van der Waals surface area (Å²) in [6.45, 7) is 6.00. The van der Waals surface area contributed by atoms with Gasteiger partial charge in [0.25, 0.3) is 0 Å². The van der Waals surface area contributed by atoms with Crippen LogP contribution < -0.4 is 19.5 Å². The van der Waals surface area contributed by atoms with E-state index >= 15 is 0 Å². The van der Waals surface area contributed by atoms with Gasteiger partial charge < -0.3 is 14.8 Å². The van der Waals surface area contributed by atoms with Crippen LogP contribution in [0.5, 0.6) is 11.5 Å². The Morgan fingerprint density at radius 3 is 2.29 bits per heavy atom. The van der Waals surface area contributed by atoms with Gasteiger partial charge in [-0.1, -0.05) is 24.3 Å². The zero-order valence-corrected chi connectivity index (χ0v) is 20.9. The van der Waals surface area contributed by atoms with Gasteiger partial charge >= 0.3 is 0 Å². The van der Waals surface area contributed by atoms with Crippen molar-refractivity contribution in [3.05, 3.63) is 54.1 Å². The lowest BCUT2D eigenvalue weighted by Crippen LogP contribution is -2.36. The third-order valence-corrected chi connectivity index (χ3v) is 7.59. The SMILES string of the molecule is CCOc1ccc(CCNC(=O)C2CCC(CNS(=O)(=O)c3ccccc3)CC2)cc1OCC. The molecule has 3 rings (SSSR count). The van der Waals surface area contributed by atoms with Crippen molar-refractivity contribution in [1.29, 1.82) is 0 Å². The van der Waals surface area contributed by atoms with Gasteiger partial charge in [-0.25, -0.2) is 13.1 Å². The topological polar surface area (TPSA) is 93.7 Å². The number of benzene rings is 2. The first-order chi connectivity index (χ1) is 16.4. The van der Waals surface area contributed by atoms with Crippen LogP contribution in [0, 0.1) is 11.8 Å². The quantitative estimate of drug-likeness (QED) is 0.472. The van der Waals surface area contributed by atoms with Crippen molar-refractivity contribution in [2.24, 2.45) is 11.8 Å². The highest BCUT2D eigenvalue weighted by Gasteiger charge is 2.27. The Kier molecular flexibility index (Phi) is 9.77. The van der Waals surface area contributed by atoms with Crippen molar-refractivity contribution >= 4 is 15.9 Å².